The summed E-state index contributed by atoms with van der Waals surface area (Å²) in [5.41, 5.74) is 2.80. The summed E-state index contributed by atoms with van der Waals surface area (Å²) in [5, 5.41) is 14.5. The summed E-state index contributed by atoms with van der Waals surface area (Å²) >= 11 is 0. The lowest BCUT2D eigenvalue weighted by Gasteiger charge is -2.29. The quantitative estimate of drug-likeness (QED) is 0.561. The van der Waals surface area contributed by atoms with Gasteiger partial charge in [-0.1, -0.05) is 19.4 Å². The lowest BCUT2D eigenvalue weighted by atomic mass is 9.93. The normalized spacial score (nSPS) is 22.1. The van der Waals surface area contributed by atoms with Crippen molar-refractivity contribution >= 4 is 28.6 Å². The number of hydrogen-bond acceptors (Lipinski definition) is 6. The first-order valence-electron chi connectivity index (χ1n) is 13.1. The minimum atomic E-state index is -0.500. The third-order valence-electron chi connectivity index (χ3n) is 6.94. The molecule has 1 saturated carbocycles. The van der Waals surface area contributed by atoms with Gasteiger partial charge in [0.1, 0.15) is 11.2 Å². The van der Waals surface area contributed by atoms with E-state index >= 15 is 0 Å². The molecule has 1 aliphatic heterocycles. The average Bonchev–Trinajstić information content (AvgIpc) is 3.17. The highest BCUT2D eigenvalue weighted by molar-refractivity contribution is 5.91. The minimum Gasteiger partial charge on any atom is -0.444 e. The van der Waals surface area contributed by atoms with Gasteiger partial charge in [0.2, 0.25) is 5.95 Å². The van der Waals surface area contributed by atoms with E-state index in [0.29, 0.717) is 31.1 Å². The number of anilines is 1. The predicted molar refractivity (Wildman–Crippen MR) is 139 cm³/mol. The molecule has 3 heterocycles. The number of carbonyl (C=O) groups excluding carboxylic acids is 1. The zero-order valence-corrected chi connectivity index (χ0v) is 21.9. The van der Waals surface area contributed by atoms with Crippen molar-refractivity contribution in [1.29, 1.82) is 0 Å². The largest absolute Gasteiger partial charge is 0.444 e. The molecule has 35 heavy (non-hydrogen) atoms. The molecule has 1 atom stereocenters. The Hall–Kier alpha value is -2.61. The first-order chi connectivity index (χ1) is 16.6. The van der Waals surface area contributed by atoms with Gasteiger partial charge in [0.25, 0.3) is 0 Å². The highest BCUT2D eigenvalue weighted by Gasteiger charge is 2.27. The lowest BCUT2D eigenvalue weighted by molar-refractivity contribution is 0.0270. The monoisotopic (exact) mass is 483 g/mol. The third-order valence-corrected chi connectivity index (χ3v) is 6.94. The van der Waals surface area contributed by atoms with E-state index < -0.39 is 5.60 Å². The van der Waals surface area contributed by atoms with Crippen molar-refractivity contribution in [2.45, 2.75) is 103 Å². The molecule has 2 N–H and O–H groups in total. The molecular formula is C27H41N5O3. The summed E-state index contributed by atoms with van der Waals surface area (Å²) in [6, 6.07) is 0.623. The Bertz CT molecular complexity index is 1060. The number of amides is 1. The number of nitrogens with one attached hydrogen (secondary N) is 1. The van der Waals surface area contributed by atoms with E-state index in [9.17, 15) is 9.90 Å². The lowest BCUT2D eigenvalue weighted by Crippen LogP contribution is -2.39. The van der Waals surface area contributed by atoms with Crippen LogP contribution in [0.4, 0.5) is 10.7 Å². The molecule has 8 heteroatoms. The molecule has 8 nitrogen and oxygen atoms in total. The van der Waals surface area contributed by atoms with Crippen molar-refractivity contribution in [3.63, 3.8) is 0 Å². The van der Waals surface area contributed by atoms with E-state index in [2.05, 4.69) is 41.0 Å². The summed E-state index contributed by atoms with van der Waals surface area (Å²) in [7, 11) is 0. The zero-order valence-electron chi connectivity index (χ0n) is 21.9. The summed E-state index contributed by atoms with van der Waals surface area (Å²) < 4.78 is 7.85. The van der Waals surface area contributed by atoms with Gasteiger partial charge in [-0.2, -0.15) is 4.98 Å². The standard InChI is InChI=1S/C27H41N5O3/c1-6-7-18(2)29-25-28-16-22-23(17-32(24(22)30-25)20-8-10-21(33)11-9-20)19-12-14-31(15-13-19)26(34)35-27(3,4)5/h12,16-18,20-21,33H,6-11,13-15H2,1-5H3,(H,28,29,30). The molecule has 0 spiro atoms. The summed E-state index contributed by atoms with van der Waals surface area (Å²) in [6.07, 6.45) is 12.3. The Kier molecular flexibility index (Phi) is 7.69. The van der Waals surface area contributed by atoms with Gasteiger partial charge in [-0.3, -0.25) is 0 Å². The van der Waals surface area contributed by atoms with Gasteiger partial charge in [0, 0.05) is 48.5 Å². The molecule has 192 valence electrons. The molecule has 2 aromatic heterocycles. The topological polar surface area (TPSA) is 92.5 Å². The van der Waals surface area contributed by atoms with E-state index in [4.69, 9.17) is 9.72 Å². The van der Waals surface area contributed by atoms with Crippen molar-refractivity contribution in [3.05, 3.63) is 24.0 Å². The first kappa shape index (κ1) is 25.5. The fourth-order valence-corrected chi connectivity index (χ4v) is 5.10. The maximum absolute atomic E-state index is 12.5. The van der Waals surface area contributed by atoms with E-state index in [1.54, 1.807) is 4.90 Å². The molecule has 4 rings (SSSR count). The molecular weight excluding hydrogens is 442 g/mol. The van der Waals surface area contributed by atoms with Crippen LogP contribution in [-0.2, 0) is 4.74 Å². The SMILES string of the molecule is CCCC(C)Nc1ncc2c(C3=CCN(C(=O)OC(C)(C)C)CC3)cn(C3CCC(O)CC3)c2n1. The third kappa shape index (κ3) is 6.15. The van der Waals surface area contributed by atoms with Crippen molar-refractivity contribution in [2.75, 3.05) is 18.4 Å². The molecule has 2 aromatic rings. The molecule has 1 unspecified atom stereocenters. The van der Waals surface area contributed by atoms with Crippen LogP contribution in [-0.4, -0.2) is 61.5 Å². The molecule has 0 radical (unpaired) electrons. The number of aliphatic hydroxyl groups is 1. The number of ether oxygens (including phenoxy) is 1. The number of nitrogens with zero attached hydrogens (tertiary/aromatic N) is 4. The van der Waals surface area contributed by atoms with Gasteiger partial charge < -0.3 is 24.6 Å². The smallest absolute Gasteiger partial charge is 0.410 e. The van der Waals surface area contributed by atoms with Crippen LogP contribution in [0.15, 0.2) is 18.5 Å². The van der Waals surface area contributed by atoms with Crippen LogP contribution in [0.2, 0.25) is 0 Å². The predicted octanol–water partition coefficient (Wildman–Crippen LogP) is 5.53. The Morgan fingerprint density at radius 3 is 2.66 bits per heavy atom. The second-order valence-corrected chi connectivity index (χ2v) is 11.1. The summed E-state index contributed by atoms with van der Waals surface area (Å²) in [4.78, 5) is 23.9. The second kappa shape index (κ2) is 10.6. The Balaban J connectivity index is 1.63. The van der Waals surface area contributed by atoms with E-state index in [0.717, 1.165) is 61.5 Å². The number of rotatable bonds is 6. The van der Waals surface area contributed by atoms with Gasteiger partial charge in [0.15, 0.2) is 0 Å². The molecule has 1 aliphatic carbocycles. The zero-order chi connectivity index (χ0) is 25.2. The molecule has 0 saturated heterocycles. The minimum absolute atomic E-state index is 0.200. The summed E-state index contributed by atoms with van der Waals surface area (Å²) in [5.74, 6) is 0.661. The number of fused-ring (bicyclic) bond motifs is 1. The maximum atomic E-state index is 12.5. The molecule has 1 amide bonds. The van der Waals surface area contributed by atoms with Crippen LogP contribution >= 0.6 is 0 Å². The van der Waals surface area contributed by atoms with Crippen LogP contribution in [0.3, 0.4) is 0 Å². The van der Waals surface area contributed by atoms with Gasteiger partial charge in [-0.25, -0.2) is 9.78 Å². The van der Waals surface area contributed by atoms with E-state index in [1.807, 2.05) is 27.0 Å². The number of aliphatic hydroxyl groups excluding tert-OH is 1. The second-order valence-electron chi connectivity index (χ2n) is 11.1. The Labute approximate surface area is 208 Å². The van der Waals surface area contributed by atoms with E-state index in [1.165, 1.54) is 5.57 Å². The average molecular weight is 484 g/mol. The Morgan fingerprint density at radius 2 is 2.03 bits per heavy atom. The van der Waals surface area contributed by atoms with Crippen molar-refractivity contribution < 1.29 is 14.6 Å². The van der Waals surface area contributed by atoms with Crippen LogP contribution in [0.5, 0.6) is 0 Å². The maximum Gasteiger partial charge on any atom is 0.410 e. The van der Waals surface area contributed by atoms with Crippen LogP contribution in [0.25, 0.3) is 16.6 Å². The van der Waals surface area contributed by atoms with Crippen LogP contribution < -0.4 is 5.32 Å². The first-order valence-corrected chi connectivity index (χ1v) is 13.1. The highest BCUT2D eigenvalue weighted by atomic mass is 16.6. The van der Waals surface area contributed by atoms with E-state index in [-0.39, 0.29) is 12.2 Å². The van der Waals surface area contributed by atoms with Crippen molar-refractivity contribution in [3.8, 4) is 0 Å². The molecule has 1 fully saturated rings. The number of aromatic nitrogens is 3. The van der Waals surface area contributed by atoms with Crippen molar-refractivity contribution in [2.24, 2.45) is 0 Å². The number of hydrogen-bond donors (Lipinski definition) is 2. The summed E-state index contributed by atoms with van der Waals surface area (Å²) in [6.45, 7) is 11.2. The highest BCUT2D eigenvalue weighted by Crippen LogP contribution is 2.36. The fourth-order valence-electron chi connectivity index (χ4n) is 5.10. The van der Waals surface area contributed by atoms with Gasteiger partial charge in [-0.05, 0) is 71.8 Å². The molecule has 0 bridgehead atoms. The number of carbonyl (C=O) groups is 1. The fraction of sp³-hybridized carbons (Fsp3) is 0.667. The molecule has 2 aliphatic rings. The van der Waals surface area contributed by atoms with Crippen LogP contribution in [0, 0.1) is 0 Å². The van der Waals surface area contributed by atoms with Gasteiger partial charge >= 0.3 is 6.09 Å². The van der Waals surface area contributed by atoms with Crippen molar-refractivity contribution in [1.82, 2.24) is 19.4 Å². The van der Waals surface area contributed by atoms with Gasteiger partial charge in [0.05, 0.1) is 6.10 Å². The molecule has 0 aromatic carbocycles. The van der Waals surface area contributed by atoms with Gasteiger partial charge in [-0.15, -0.1) is 0 Å². The Morgan fingerprint density at radius 1 is 1.29 bits per heavy atom. The van der Waals surface area contributed by atoms with Crippen LogP contribution in [0.1, 0.15) is 91.2 Å².